The number of imidazole rings is 2. The first kappa shape index (κ1) is 12.3. The highest BCUT2D eigenvalue weighted by Crippen LogP contribution is 2.22. The first-order chi connectivity index (χ1) is 9.28. The lowest BCUT2D eigenvalue weighted by molar-refractivity contribution is 0.271. The molecule has 0 atom stereocenters. The lowest BCUT2D eigenvalue weighted by Gasteiger charge is -2.02. The molecule has 2 heterocycles. The van der Waals surface area contributed by atoms with Gasteiger partial charge in [0.15, 0.2) is 5.16 Å². The van der Waals surface area contributed by atoms with Crippen molar-refractivity contribution in [1.82, 2.24) is 19.5 Å². The Labute approximate surface area is 114 Å². The van der Waals surface area contributed by atoms with Crippen LogP contribution in [-0.2, 0) is 19.4 Å². The Bertz CT molecular complexity index is 671. The Hall–Kier alpha value is -1.79. The van der Waals surface area contributed by atoms with E-state index in [1.165, 1.54) is 0 Å². The second kappa shape index (κ2) is 5.07. The van der Waals surface area contributed by atoms with Gasteiger partial charge in [-0.25, -0.2) is 9.97 Å². The minimum absolute atomic E-state index is 0.00863. The summed E-state index contributed by atoms with van der Waals surface area (Å²) in [5.74, 6) is 1.66. The number of thioether (sulfide) groups is 1. The number of hydrogen-bond acceptors (Lipinski definition) is 4. The molecule has 0 bridgehead atoms. The Balaban J connectivity index is 1.76. The molecule has 5 nitrogen and oxygen atoms in total. The summed E-state index contributed by atoms with van der Waals surface area (Å²) in [5, 5.41) is 10.0. The summed E-state index contributed by atoms with van der Waals surface area (Å²) in [6.07, 6.45) is 1.70. The summed E-state index contributed by atoms with van der Waals surface area (Å²) in [6, 6.07) is 7.97. The van der Waals surface area contributed by atoms with Crippen LogP contribution in [0.4, 0.5) is 0 Å². The van der Waals surface area contributed by atoms with Crippen LogP contribution in [0.1, 0.15) is 11.5 Å². The normalized spacial score (nSPS) is 11.3. The number of para-hydroxylation sites is 2. The van der Waals surface area contributed by atoms with Gasteiger partial charge in [-0.2, -0.15) is 0 Å². The molecule has 1 aromatic carbocycles. The van der Waals surface area contributed by atoms with Crippen molar-refractivity contribution in [3.63, 3.8) is 0 Å². The average molecular weight is 274 g/mol. The van der Waals surface area contributed by atoms with Crippen molar-refractivity contribution >= 4 is 22.8 Å². The van der Waals surface area contributed by atoms with Crippen LogP contribution in [0.15, 0.2) is 35.6 Å². The van der Waals surface area contributed by atoms with Gasteiger partial charge in [-0.1, -0.05) is 23.9 Å². The topological polar surface area (TPSA) is 66.7 Å². The van der Waals surface area contributed by atoms with Crippen LogP contribution in [0.3, 0.4) is 0 Å². The van der Waals surface area contributed by atoms with E-state index in [2.05, 4.69) is 15.0 Å². The van der Waals surface area contributed by atoms with Gasteiger partial charge >= 0.3 is 0 Å². The summed E-state index contributed by atoms with van der Waals surface area (Å²) in [4.78, 5) is 12.1. The smallest absolute Gasteiger partial charge is 0.168 e. The average Bonchev–Trinajstić information content (AvgIpc) is 2.99. The standard InChI is InChI=1S/C13H14N4OS/c1-17-9(7-18)6-14-13(17)19-8-12-15-10-4-2-3-5-11(10)16-12/h2-6,18H,7-8H2,1H3,(H,15,16). The fourth-order valence-electron chi connectivity index (χ4n) is 1.91. The predicted octanol–water partition coefficient (Wildman–Crippen LogP) is 2.08. The lowest BCUT2D eigenvalue weighted by Crippen LogP contribution is -1.97. The first-order valence-electron chi connectivity index (χ1n) is 5.96. The number of rotatable bonds is 4. The zero-order chi connectivity index (χ0) is 13.2. The van der Waals surface area contributed by atoms with Crippen molar-refractivity contribution < 1.29 is 5.11 Å². The summed E-state index contributed by atoms with van der Waals surface area (Å²) in [5.41, 5.74) is 2.84. The van der Waals surface area contributed by atoms with Crippen molar-refractivity contribution in [3.05, 3.63) is 42.0 Å². The number of aromatic nitrogens is 4. The maximum absolute atomic E-state index is 9.12. The van der Waals surface area contributed by atoms with E-state index in [0.29, 0.717) is 0 Å². The van der Waals surface area contributed by atoms with Gasteiger partial charge in [-0.15, -0.1) is 0 Å². The minimum Gasteiger partial charge on any atom is -0.390 e. The van der Waals surface area contributed by atoms with Crippen molar-refractivity contribution in [3.8, 4) is 0 Å². The van der Waals surface area contributed by atoms with Gasteiger partial charge in [-0.3, -0.25) is 0 Å². The van der Waals surface area contributed by atoms with Gasteiger partial charge in [0.05, 0.1) is 35.3 Å². The summed E-state index contributed by atoms with van der Waals surface area (Å²) >= 11 is 1.60. The van der Waals surface area contributed by atoms with Gasteiger partial charge in [0, 0.05) is 7.05 Å². The lowest BCUT2D eigenvalue weighted by atomic mass is 10.3. The molecule has 0 saturated carbocycles. The fraction of sp³-hybridized carbons (Fsp3) is 0.231. The first-order valence-corrected chi connectivity index (χ1v) is 6.94. The molecule has 0 saturated heterocycles. The highest BCUT2D eigenvalue weighted by molar-refractivity contribution is 7.98. The van der Waals surface area contributed by atoms with E-state index in [0.717, 1.165) is 33.5 Å². The van der Waals surface area contributed by atoms with E-state index in [-0.39, 0.29) is 6.61 Å². The fourth-order valence-corrected chi connectivity index (χ4v) is 2.75. The number of benzene rings is 1. The van der Waals surface area contributed by atoms with Gasteiger partial charge < -0.3 is 14.7 Å². The van der Waals surface area contributed by atoms with E-state index in [1.807, 2.05) is 35.9 Å². The second-order valence-corrected chi connectivity index (χ2v) is 5.18. The van der Waals surface area contributed by atoms with E-state index in [4.69, 9.17) is 5.11 Å². The molecule has 0 amide bonds. The van der Waals surface area contributed by atoms with Crippen molar-refractivity contribution in [1.29, 1.82) is 0 Å². The molecular formula is C13H14N4OS. The summed E-state index contributed by atoms with van der Waals surface area (Å²) < 4.78 is 1.90. The SMILES string of the molecule is Cn1c(CO)cnc1SCc1nc2ccccc2[nH]1. The van der Waals surface area contributed by atoms with Crippen molar-refractivity contribution in [2.75, 3.05) is 0 Å². The van der Waals surface area contributed by atoms with E-state index in [1.54, 1.807) is 18.0 Å². The van der Waals surface area contributed by atoms with Crippen LogP contribution >= 0.6 is 11.8 Å². The van der Waals surface area contributed by atoms with Crippen LogP contribution in [0.2, 0.25) is 0 Å². The third-order valence-electron chi connectivity index (χ3n) is 2.98. The number of hydrogen-bond donors (Lipinski definition) is 2. The predicted molar refractivity (Wildman–Crippen MR) is 74.8 cm³/mol. The molecule has 2 N–H and O–H groups in total. The molecule has 0 radical (unpaired) electrons. The molecule has 0 aliphatic heterocycles. The number of aliphatic hydroxyl groups is 1. The Kier molecular flexibility index (Phi) is 3.27. The van der Waals surface area contributed by atoms with Crippen LogP contribution in [0.25, 0.3) is 11.0 Å². The van der Waals surface area contributed by atoms with Gasteiger partial charge in [0.25, 0.3) is 0 Å². The minimum atomic E-state index is 0.00863. The number of H-pyrrole nitrogens is 1. The number of aromatic amines is 1. The molecule has 0 unspecified atom stereocenters. The quantitative estimate of drug-likeness (QED) is 0.715. The van der Waals surface area contributed by atoms with Crippen LogP contribution in [0.5, 0.6) is 0 Å². The molecule has 19 heavy (non-hydrogen) atoms. The van der Waals surface area contributed by atoms with Gasteiger partial charge in [0.1, 0.15) is 5.82 Å². The third kappa shape index (κ3) is 2.36. The molecule has 0 aliphatic carbocycles. The molecule has 3 aromatic rings. The van der Waals surface area contributed by atoms with Crippen LogP contribution in [-0.4, -0.2) is 24.6 Å². The highest BCUT2D eigenvalue weighted by Gasteiger charge is 2.08. The van der Waals surface area contributed by atoms with Gasteiger partial charge in [-0.05, 0) is 12.1 Å². The Morgan fingerprint density at radius 2 is 2.21 bits per heavy atom. The molecular weight excluding hydrogens is 260 g/mol. The van der Waals surface area contributed by atoms with Crippen molar-refractivity contribution in [2.24, 2.45) is 7.05 Å². The number of aliphatic hydroxyl groups excluding tert-OH is 1. The number of nitrogens with zero attached hydrogens (tertiary/aromatic N) is 3. The summed E-state index contributed by atoms with van der Waals surface area (Å²) in [7, 11) is 1.90. The summed E-state index contributed by atoms with van der Waals surface area (Å²) in [6.45, 7) is 0.00863. The molecule has 6 heteroatoms. The molecule has 0 spiro atoms. The van der Waals surface area contributed by atoms with Gasteiger partial charge in [0.2, 0.25) is 0 Å². The Morgan fingerprint density at radius 1 is 1.37 bits per heavy atom. The maximum atomic E-state index is 9.12. The van der Waals surface area contributed by atoms with Crippen molar-refractivity contribution in [2.45, 2.75) is 17.5 Å². The molecule has 0 aliphatic rings. The van der Waals surface area contributed by atoms with E-state index in [9.17, 15) is 0 Å². The molecule has 0 fully saturated rings. The number of fused-ring (bicyclic) bond motifs is 1. The monoisotopic (exact) mass is 274 g/mol. The zero-order valence-corrected chi connectivity index (χ0v) is 11.3. The third-order valence-corrected chi connectivity index (χ3v) is 4.04. The highest BCUT2D eigenvalue weighted by atomic mass is 32.2. The van der Waals surface area contributed by atoms with E-state index >= 15 is 0 Å². The second-order valence-electron chi connectivity index (χ2n) is 4.24. The molecule has 98 valence electrons. The molecule has 3 rings (SSSR count). The zero-order valence-electron chi connectivity index (χ0n) is 10.5. The van der Waals surface area contributed by atoms with E-state index < -0.39 is 0 Å². The van der Waals surface area contributed by atoms with Crippen LogP contribution < -0.4 is 0 Å². The largest absolute Gasteiger partial charge is 0.390 e. The van der Waals surface area contributed by atoms with Crippen LogP contribution in [0, 0.1) is 0 Å². The number of nitrogens with one attached hydrogen (secondary N) is 1. The maximum Gasteiger partial charge on any atom is 0.168 e. The Morgan fingerprint density at radius 3 is 2.95 bits per heavy atom. The molecule has 2 aromatic heterocycles.